The van der Waals surface area contributed by atoms with Crippen LogP contribution in [0.15, 0.2) is 127 Å². The molecule has 0 aliphatic heterocycles. The molecule has 0 saturated heterocycles. The molecule has 1 unspecified atom stereocenters. The third-order valence-corrected chi connectivity index (χ3v) is 5.88. The molecule has 0 bridgehead atoms. The van der Waals surface area contributed by atoms with Crippen molar-refractivity contribution in [1.29, 1.82) is 0 Å². The van der Waals surface area contributed by atoms with Crippen molar-refractivity contribution < 1.29 is 19.2 Å². The number of rotatable bonds is 10. The third kappa shape index (κ3) is 11.4. The molecular formula is C36H36O4. The molecule has 1 atom stereocenters. The number of carbonyl (C=O) groups is 4. The van der Waals surface area contributed by atoms with E-state index < -0.39 is 0 Å². The Bertz CT molecular complexity index is 1330. The Balaban J connectivity index is 0.000000252. The van der Waals surface area contributed by atoms with Crippen LogP contribution in [0.3, 0.4) is 0 Å². The molecule has 0 heterocycles. The average molecular weight is 533 g/mol. The van der Waals surface area contributed by atoms with Gasteiger partial charge in [-0.05, 0) is 17.2 Å². The van der Waals surface area contributed by atoms with E-state index >= 15 is 0 Å². The molecule has 0 fully saturated rings. The van der Waals surface area contributed by atoms with E-state index in [1.807, 2.05) is 129 Å². The summed E-state index contributed by atoms with van der Waals surface area (Å²) in [6, 6.07) is 37.7. The smallest absolute Gasteiger partial charge is 0.185 e. The SMILES string of the molecule is CCC(=O)C(CC(=O)c1ccccc1)c1ccccc1.CCC=O.O=C(/C=C/c1ccccc1)c1ccccc1. The van der Waals surface area contributed by atoms with Gasteiger partial charge in [0, 0.05) is 36.3 Å². The van der Waals surface area contributed by atoms with Crippen LogP contribution in [0.1, 0.15) is 70.9 Å². The molecule has 0 aromatic heterocycles. The minimum Gasteiger partial charge on any atom is -0.303 e. The molecule has 204 valence electrons. The zero-order chi connectivity index (χ0) is 29.0. The first-order valence-corrected chi connectivity index (χ1v) is 13.4. The van der Waals surface area contributed by atoms with Crippen molar-refractivity contribution in [2.75, 3.05) is 0 Å². The van der Waals surface area contributed by atoms with Crippen LogP contribution in [0.5, 0.6) is 0 Å². The van der Waals surface area contributed by atoms with E-state index in [0.29, 0.717) is 18.4 Å². The number of carbonyl (C=O) groups excluding carboxylic acids is 4. The number of benzene rings is 4. The summed E-state index contributed by atoms with van der Waals surface area (Å²) in [5.74, 6) is -0.180. The van der Waals surface area contributed by atoms with Crippen LogP contribution >= 0.6 is 0 Å². The molecule has 0 aliphatic rings. The van der Waals surface area contributed by atoms with E-state index in [2.05, 4.69) is 0 Å². The lowest BCUT2D eigenvalue weighted by Crippen LogP contribution is -2.16. The second-order valence-corrected chi connectivity index (χ2v) is 8.83. The van der Waals surface area contributed by atoms with Crippen LogP contribution in [0.2, 0.25) is 0 Å². The van der Waals surface area contributed by atoms with E-state index in [4.69, 9.17) is 0 Å². The number of aldehydes is 1. The fourth-order valence-corrected chi connectivity index (χ4v) is 3.71. The Morgan fingerprint density at radius 1 is 0.650 bits per heavy atom. The molecule has 4 rings (SSSR count). The largest absolute Gasteiger partial charge is 0.303 e. The van der Waals surface area contributed by atoms with Gasteiger partial charge in [0.25, 0.3) is 0 Å². The molecule has 0 radical (unpaired) electrons. The van der Waals surface area contributed by atoms with Crippen LogP contribution in [0.25, 0.3) is 6.08 Å². The lowest BCUT2D eigenvalue weighted by molar-refractivity contribution is -0.120. The Hall–Kier alpha value is -4.70. The lowest BCUT2D eigenvalue weighted by Gasteiger charge is -2.14. The summed E-state index contributed by atoms with van der Waals surface area (Å²) in [5.41, 5.74) is 3.34. The average Bonchev–Trinajstić information content (AvgIpc) is 3.04. The molecule has 4 aromatic carbocycles. The maximum Gasteiger partial charge on any atom is 0.185 e. The van der Waals surface area contributed by atoms with Gasteiger partial charge in [0.2, 0.25) is 0 Å². The van der Waals surface area contributed by atoms with Gasteiger partial charge >= 0.3 is 0 Å². The van der Waals surface area contributed by atoms with Gasteiger partial charge in [-0.15, -0.1) is 0 Å². The van der Waals surface area contributed by atoms with E-state index in [0.717, 1.165) is 23.0 Å². The topological polar surface area (TPSA) is 68.3 Å². The minimum atomic E-state index is -0.339. The van der Waals surface area contributed by atoms with E-state index in [1.54, 1.807) is 18.2 Å². The zero-order valence-electron chi connectivity index (χ0n) is 23.1. The Kier molecular flexibility index (Phi) is 14.6. The number of hydrogen-bond donors (Lipinski definition) is 0. The van der Waals surface area contributed by atoms with Crippen molar-refractivity contribution >= 4 is 29.7 Å². The highest BCUT2D eigenvalue weighted by Crippen LogP contribution is 2.24. The summed E-state index contributed by atoms with van der Waals surface area (Å²) < 4.78 is 0. The monoisotopic (exact) mass is 532 g/mol. The molecular weight excluding hydrogens is 496 g/mol. The van der Waals surface area contributed by atoms with Crippen molar-refractivity contribution in [3.63, 3.8) is 0 Å². The second-order valence-electron chi connectivity index (χ2n) is 8.83. The first kappa shape index (κ1) is 31.5. The van der Waals surface area contributed by atoms with Crippen molar-refractivity contribution in [2.24, 2.45) is 0 Å². The summed E-state index contributed by atoms with van der Waals surface area (Å²) in [6.07, 6.45) is 5.63. The highest BCUT2D eigenvalue weighted by Gasteiger charge is 2.22. The second kappa shape index (κ2) is 18.5. The molecule has 40 heavy (non-hydrogen) atoms. The van der Waals surface area contributed by atoms with Crippen LogP contribution in [-0.2, 0) is 9.59 Å². The Labute approximate surface area is 237 Å². The van der Waals surface area contributed by atoms with Crippen molar-refractivity contribution in [3.05, 3.63) is 150 Å². The van der Waals surface area contributed by atoms with Crippen molar-refractivity contribution in [3.8, 4) is 0 Å². The molecule has 4 heteroatoms. The van der Waals surface area contributed by atoms with E-state index in [1.165, 1.54) is 0 Å². The summed E-state index contributed by atoms with van der Waals surface area (Å²) in [7, 11) is 0. The standard InChI is InChI=1S/C18H18O2.C15H12O.C3H6O/c1-2-17(19)16(14-9-5-3-6-10-14)13-18(20)15-11-7-4-8-12-15;16-15(14-9-5-2-6-10-14)12-11-13-7-3-1-4-8-13;1-2-3-4/h3-12,16H,2,13H2,1H3;1-12H;3H,2H2,1H3/b;12-11+;. The predicted molar refractivity (Wildman–Crippen MR) is 162 cm³/mol. The fraction of sp³-hybridized carbons (Fsp3) is 0.167. The molecule has 0 amide bonds. The van der Waals surface area contributed by atoms with Crippen molar-refractivity contribution in [2.45, 2.75) is 39.0 Å². The van der Waals surface area contributed by atoms with Crippen LogP contribution < -0.4 is 0 Å². The summed E-state index contributed by atoms with van der Waals surface area (Å²) in [6.45, 7) is 3.65. The van der Waals surface area contributed by atoms with Gasteiger partial charge in [0.15, 0.2) is 11.6 Å². The maximum atomic E-state index is 12.3. The van der Waals surface area contributed by atoms with Gasteiger partial charge in [0.1, 0.15) is 12.1 Å². The molecule has 4 nitrogen and oxygen atoms in total. The number of allylic oxidation sites excluding steroid dienone is 1. The quantitative estimate of drug-likeness (QED) is 0.117. The van der Waals surface area contributed by atoms with Crippen LogP contribution in [0.4, 0.5) is 0 Å². The number of hydrogen-bond acceptors (Lipinski definition) is 4. The molecule has 0 saturated carbocycles. The lowest BCUT2D eigenvalue weighted by atomic mass is 9.87. The Morgan fingerprint density at radius 3 is 1.57 bits per heavy atom. The summed E-state index contributed by atoms with van der Waals surface area (Å²) in [4.78, 5) is 45.3. The van der Waals surface area contributed by atoms with Gasteiger partial charge in [0.05, 0.1) is 0 Å². The fourth-order valence-electron chi connectivity index (χ4n) is 3.71. The first-order chi connectivity index (χ1) is 19.5. The highest BCUT2D eigenvalue weighted by atomic mass is 16.1. The van der Waals surface area contributed by atoms with Crippen LogP contribution in [0, 0.1) is 0 Å². The molecule has 0 spiro atoms. The zero-order valence-corrected chi connectivity index (χ0v) is 23.1. The van der Waals surface area contributed by atoms with E-state index in [-0.39, 0.29) is 29.7 Å². The van der Waals surface area contributed by atoms with Gasteiger partial charge in [-0.2, -0.15) is 0 Å². The van der Waals surface area contributed by atoms with E-state index in [9.17, 15) is 19.2 Å². The minimum absolute atomic E-state index is 0.0150. The summed E-state index contributed by atoms with van der Waals surface area (Å²) in [5, 5.41) is 0. The summed E-state index contributed by atoms with van der Waals surface area (Å²) >= 11 is 0. The molecule has 4 aromatic rings. The molecule has 0 aliphatic carbocycles. The highest BCUT2D eigenvalue weighted by molar-refractivity contribution is 6.06. The number of ketones is 3. The Morgan fingerprint density at radius 2 is 1.10 bits per heavy atom. The molecule has 0 N–H and O–H groups in total. The maximum absolute atomic E-state index is 12.3. The number of Topliss-reactive ketones (excluding diaryl/α,β-unsaturated/α-hetero) is 2. The first-order valence-electron chi connectivity index (χ1n) is 13.4. The van der Waals surface area contributed by atoms with Crippen molar-refractivity contribution in [1.82, 2.24) is 0 Å². The normalized spacial score (nSPS) is 10.8. The van der Waals surface area contributed by atoms with Gasteiger partial charge in [-0.3, -0.25) is 14.4 Å². The van der Waals surface area contributed by atoms with Gasteiger partial charge in [-0.1, -0.05) is 141 Å². The van der Waals surface area contributed by atoms with Crippen LogP contribution in [-0.4, -0.2) is 23.6 Å². The third-order valence-electron chi connectivity index (χ3n) is 5.88. The predicted octanol–water partition coefficient (Wildman–Crippen LogP) is 8.20. The van der Waals surface area contributed by atoms with Gasteiger partial charge in [-0.25, -0.2) is 0 Å². The van der Waals surface area contributed by atoms with Gasteiger partial charge < -0.3 is 4.79 Å².